The average Bonchev–Trinajstić information content (AvgIpc) is 2.90. The number of nitrogens with two attached hydrogens (primary N) is 1. The SMILES string of the molecule is NCc1cccc2[nH]cc(COc3ccc(O)cc3)c12. The van der Waals surface area contributed by atoms with E-state index in [1.807, 2.05) is 24.4 Å². The molecular weight excluding hydrogens is 252 g/mol. The minimum Gasteiger partial charge on any atom is -0.508 e. The van der Waals surface area contributed by atoms with Crippen molar-refractivity contribution >= 4 is 10.9 Å². The van der Waals surface area contributed by atoms with Gasteiger partial charge < -0.3 is 20.6 Å². The highest BCUT2D eigenvalue weighted by Gasteiger charge is 2.08. The smallest absolute Gasteiger partial charge is 0.120 e. The minimum absolute atomic E-state index is 0.231. The van der Waals surface area contributed by atoms with Crippen LogP contribution in [0.3, 0.4) is 0 Å². The van der Waals surface area contributed by atoms with Crippen LogP contribution in [0.5, 0.6) is 11.5 Å². The van der Waals surface area contributed by atoms with Crippen molar-refractivity contribution in [2.45, 2.75) is 13.2 Å². The van der Waals surface area contributed by atoms with Crippen LogP contribution < -0.4 is 10.5 Å². The Morgan fingerprint density at radius 2 is 1.85 bits per heavy atom. The molecule has 20 heavy (non-hydrogen) atoms. The van der Waals surface area contributed by atoms with Crippen molar-refractivity contribution in [2.24, 2.45) is 5.73 Å². The molecule has 0 aliphatic rings. The number of hydrogen-bond acceptors (Lipinski definition) is 3. The molecular formula is C16H16N2O2. The van der Waals surface area contributed by atoms with E-state index in [2.05, 4.69) is 4.98 Å². The molecule has 0 amide bonds. The maximum absolute atomic E-state index is 9.24. The van der Waals surface area contributed by atoms with Gasteiger partial charge in [0.2, 0.25) is 0 Å². The van der Waals surface area contributed by atoms with Gasteiger partial charge in [0.15, 0.2) is 0 Å². The number of ether oxygens (including phenoxy) is 1. The summed E-state index contributed by atoms with van der Waals surface area (Å²) >= 11 is 0. The third-order valence-corrected chi connectivity index (χ3v) is 3.32. The van der Waals surface area contributed by atoms with E-state index in [1.165, 1.54) is 0 Å². The van der Waals surface area contributed by atoms with Gasteiger partial charge in [-0.05, 0) is 35.9 Å². The Hall–Kier alpha value is -2.46. The van der Waals surface area contributed by atoms with Crippen molar-refractivity contribution in [3.8, 4) is 11.5 Å². The van der Waals surface area contributed by atoms with E-state index in [9.17, 15) is 5.11 Å². The molecule has 1 aromatic heterocycles. The van der Waals surface area contributed by atoms with Gasteiger partial charge in [-0.3, -0.25) is 0 Å². The van der Waals surface area contributed by atoms with Crippen molar-refractivity contribution in [2.75, 3.05) is 0 Å². The summed E-state index contributed by atoms with van der Waals surface area (Å²) < 4.78 is 5.74. The second kappa shape index (κ2) is 5.27. The molecule has 3 aromatic rings. The summed E-state index contributed by atoms with van der Waals surface area (Å²) in [5.41, 5.74) is 9.03. The van der Waals surface area contributed by atoms with Gasteiger partial charge in [0.25, 0.3) is 0 Å². The molecule has 102 valence electrons. The molecule has 4 heteroatoms. The highest BCUT2D eigenvalue weighted by molar-refractivity contribution is 5.86. The zero-order chi connectivity index (χ0) is 13.9. The maximum Gasteiger partial charge on any atom is 0.120 e. The van der Waals surface area contributed by atoms with Gasteiger partial charge in [-0.15, -0.1) is 0 Å². The van der Waals surface area contributed by atoms with E-state index in [1.54, 1.807) is 24.3 Å². The Balaban J connectivity index is 1.86. The fraction of sp³-hybridized carbons (Fsp3) is 0.125. The number of nitrogens with one attached hydrogen (secondary N) is 1. The van der Waals surface area contributed by atoms with Gasteiger partial charge in [0, 0.05) is 29.2 Å². The lowest BCUT2D eigenvalue weighted by Crippen LogP contribution is -1.99. The minimum atomic E-state index is 0.231. The molecule has 0 atom stereocenters. The first-order valence-corrected chi connectivity index (χ1v) is 6.47. The van der Waals surface area contributed by atoms with Gasteiger partial charge in [0.1, 0.15) is 18.1 Å². The normalized spacial score (nSPS) is 10.8. The molecule has 0 spiro atoms. The Morgan fingerprint density at radius 1 is 1.05 bits per heavy atom. The Bertz CT molecular complexity index is 717. The fourth-order valence-electron chi connectivity index (χ4n) is 2.32. The second-order valence-electron chi connectivity index (χ2n) is 4.64. The van der Waals surface area contributed by atoms with Crippen LogP contribution in [0.25, 0.3) is 10.9 Å². The lowest BCUT2D eigenvalue weighted by Gasteiger charge is -2.07. The molecule has 0 unspecified atom stereocenters. The number of benzene rings is 2. The lowest BCUT2D eigenvalue weighted by atomic mass is 10.1. The topological polar surface area (TPSA) is 71.3 Å². The number of aromatic hydroxyl groups is 1. The third-order valence-electron chi connectivity index (χ3n) is 3.32. The van der Waals surface area contributed by atoms with Crippen LogP contribution >= 0.6 is 0 Å². The highest BCUT2D eigenvalue weighted by Crippen LogP contribution is 2.24. The van der Waals surface area contributed by atoms with Crippen molar-refractivity contribution in [1.29, 1.82) is 0 Å². The number of rotatable bonds is 4. The average molecular weight is 268 g/mol. The van der Waals surface area contributed by atoms with Crippen molar-refractivity contribution in [3.05, 3.63) is 59.8 Å². The van der Waals surface area contributed by atoms with Crippen LogP contribution in [-0.2, 0) is 13.2 Å². The Morgan fingerprint density at radius 3 is 2.60 bits per heavy atom. The summed E-state index contributed by atoms with van der Waals surface area (Å²) in [6, 6.07) is 12.7. The molecule has 0 fully saturated rings. The third kappa shape index (κ3) is 2.33. The standard InChI is InChI=1S/C16H16N2O2/c17-8-11-2-1-3-15-16(11)12(9-18-15)10-20-14-6-4-13(19)5-7-14/h1-7,9,18-19H,8,10,17H2. The molecule has 0 radical (unpaired) electrons. The van der Waals surface area contributed by atoms with Crippen LogP contribution in [-0.4, -0.2) is 10.1 Å². The van der Waals surface area contributed by atoms with Crippen molar-refractivity contribution < 1.29 is 9.84 Å². The molecule has 0 saturated heterocycles. The van der Waals surface area contributed by atoms with Crippen LogP contribution in [0.1, 0.15) is 11.1 Å². The first-order chi connectivity index (χ1) is 9.78. The van der Waals surface area contributed by atoms with Gasteiger partial charge in [-0.1, -0.05) is 12.1 Å². The summed E-state index contributed by atoms with van der Waals surface area (Å²) in [6.07, 6.45) is 1.95. The Kier molecular flexibility index (Phi) is 3.31. The van der Waals surface area contributed by atoms with E-state index < -0.39 is 0 Å². The van der Waals surface area contributed by atoms with E-state index >= 15 is 0 Å². The summed E-state index contributed by atoms with van der Waals surface area (Å²) in [6.45, 7) is 0.961. The fourth-order valence-corrected chi connectivity index (χ4v) is 2.32. The van der Waals surface area contributed by atoms with Gasteiger partial charge in [-0.2, -0.15) is 0 Å². The van der Waals surface area contributed by atoms with Gasteiger partial charge in [-0.25, -0.2) is 0 Å². The molecule has 4 N–H and O–H groups in total. The summed E-state index contributed by atoms with van der Waals surface area (Å²) in [5.74, 6) is 0.956. The predicted molar refractivity (Wildman–Crippen MR) is 78.6 cm³/mol. The first-order valence-electron chi connectivity index (χ1n) is 6.47. The highest BCUT2D eigenvalue weighted by atomic mass is 16.5. The summed E-state index contributed by atoms with van der Waals surface area (Å²) in [7, 11) is 0. The number of aromatic nitrogens is 1. The lowest BCUT2D eigenvalue weighted by molar-refractivity contribution is 0.307. The van der Waals surface area contributed by atoms with E-state index in [0.29, 0.717) is 13.2 Å². The van der Waals surface area contributed by atoms with Crippen LogP contribution in [0, 0.1) is 0 Å². The van der Waals surface area contributed by atoms with Crippen molar-refractivity contribution in [3.63, 3.8) is 0 Å². The number of fused-ring (bicyclic) bond motifs is 1. The number of aromatic amines is 1. The zero-order valence-electron chi connectivity index (χ0n) is 11.0. The predicted octanol–water partition coefficient (Wildman–Crippen LogP) is 2.91. The van der Waals surface area contributed by atoms with Crippen molar-refractivity contribution in [1.82, 2.24) is 4.98 Å². The molecule has 0 saturated carbocycles. The van der Waals surface area contributed by atoms with E-state index in [0.717, 1.165) is 27.8 Å². The summed E-state index contributed by atoms with van der Waals surface area (Å²) in [5, 5.41) is 10.4. The molecule has 4 nitrogen and oxygen atoms in total. The second-order valence-corrected chi connectivity index (χ2v) is 4.64. The molecule has 0 bridgehead atoms. The molecule has 1 heterocycles. The maximum atomic E-state index is 9.24. The molecule has 3 rings (SSSR count). The zero-order valence-corrected chi connectivity index (χ0v) is 11.0. The monoisotopic (exact) mass is 268 g/mol. The van der Waals surface area contributed by atoms with Gasteiger partial charge in [0.05, 0.1) is 0 Å². The number of phenolic OH excluding ortho intramolecular Hbond substituents is 1. The summed E-state index contributed by atoms with van der Waals surface area (Å²) in [4.78, 5) is 3.23. The number of phenols is 1. The molecule has 0 aliphatic heterocycles. The Labute approximate surface area is 116 Å². The van der Waals surface area contributed by atoms with Gasteiger partial charge >= 0.3 is 0 Å². The van der Waals surface area contributed by atoms with Crippen LogP contribution in [0.4, 0.5) is 0 Å². The van der Waals surface area contributed by atoms with Crippen LogP contribution in [0.2, 0.25) is 0 Å². The van der Waals surface area contributed by atoms with Crippen LogP contribution in [0.15, 0.2) is 48.7 Å². The number of hydrogen-bond donors (Lipinski definition) is 3. The quantitative estimate of drug-likeness (QED) is 0.681. The first kappa shape index (κ1) is 12.6. The number of H-pyrrole nitrogens is 1. The van der Waals surface area contributed by atoms with E-state index in [4.69, 9.17) is 10.5 Å². The van der Waals surface area contributed by atoms with E-state index in [-0.39, 0.29) is 5.75 Å². The molecule has 0 aliphatic carbocycles. The largest absolute Gasteiger partial charge is 0.508 e. The molecule has 2 aromatic carbocycles.